The van der Waals surface area contributed by atoms with Crippen LogP contribution in [0, 0.1) is 5.92 Å². The Hall–Kier alpha value is -0.820. The van der Waals surface area contributed by atoms with Gasteiger partial charge in [-0.2, -0.15) is 13.2 Å². The second-order valence-electron chi connectivity index (χ2n) is 3.41. The molecule has 0 saturated carbocycles. The lowest BCUT2D eigenvalue weighted by atomic mass is 10.1. The van der Waals surface area contributed by atoms with Gasteiger partial charge in [-0.3, -0.25) is 10.2 Å². The number of nitrogens with one attached hydrogen (secondary N) is 1. The first kappa shape index (κ1) is 14.2. The number of rotatable bonds is 5. The normalized spacial score (nSPS) is 14.1. The number of amides is 1. The van der Waals surface area contributed by atoms with E-state index in [1.165, 1.54) is 0 Å². The van der Waals surface area contributed by atoms with Gasteiger partial charge in [0.05, 0.1) is 13.0 Å². The van der Waals surface area contributed by atoms with Gasteiger partial charge in [-0.15, -0.1) is 0 Å². The lowest BCUT2D eigenvalue weighted by Gasteiger charge is -2.19. The van der Waals surface area contributed by atoms with Gasteiger partial charge in [-0.25, -0.2) is 5.84 Å². The molecule has 0 radical (unpaired) electrons. The first-order chi connectivity index (χ1) is 6.78. The molecule has 1 unspecified atom stereocenters. The van der Waals surface area contributed by atoms with Crippen LogP contribution in [0.15, 0.2) is 0 Å². The maximum absolute atomic E-state index is 11.8. The standard InChI is InChI=1S/C8H15F3N2O2/c1-5(2)6(7(14)13-12)15-4-3-8(9,10)11/h5-6H,3-4,12H2,1-2H3,(H,13,14). The highest BCUT2D eigenvalue weighted by Crippen LogP contribution is 2.20. The van der Waals surface area contributed by atoms with Crippen molar-refractivity contribution in [1.29, 1.82) is 0 Å². The van der Waals surface area contributed by atoms with E-state index in [-0.39, 0.29) is 5.92 Å². The van der Waals surface area contributed by atoms with Gasteiger partial charge in [0, 0.05) is 0 Å². The van der Waals surface area contributed by atoms with Gasteiger partial charge in [0.25, 0.3) is 5.91 Å². The molecule has 1 atom stereocenters. The quantitative estimate of drug-likeness (QED) is 0.418. The first-order valence-corrected chi connectivity index (χ1v) is 4.46. The van der Waals surface area contributed by atoms with Crippen LogP contribution in [0.3, 0.4) is 0 Å². The van der Waals surface area contributed by atoms with Crippen LogP contribution < -0.4 is 11.3 Å². The van der Waals surface area contributed by atoms with Crippen molar-refractivity contribution in [1.82, 2.24) is 5.43 Å². The fourth-order valence-corrected chi connectivity index (χ4v) is 0.955. The number of carbonyl (C=O) groups is 1. The maximum Gasteiger partial charge on any atom is 0.391 e. The summed E-state index contributed by atoms with van der Waals surface area (Å²) < 4.78 is 40.2. The molecule has 0 heterocycles. The molecule has 0 fully saturated rings. The SMILES string of the molecule is CC(C)C(OCCC(F)(F)F)C(=O)NN. The topological polar surface area (TPSA) is 64.3 Å². The van der Waals surface area contributed by atoms with Gasteiger partial charge < -0.3 is 4.74 Å². The molecule has 0 rings (SSSR count). The third-order valence-corrected chi connectivity index (χ3v) is 1.69. The first-order valence-electron chi connectivity index (χ1n) is 4.46. The molecule has 1 amide bonds. The minimum absolute atomic E-state index is 0.234. The largest absolute Gasteiger partial charge is 0.391 e. The van der Waals surface area contributed by atoms with Crippen LogP contribution in [0.2, 0.25) is 0 Å². The molecule has 15 heavy (non-hydrogen) atoms. The average molecular weight is 228 g/mol. The highest BCUT2D eigenvalue weighted by atomic mass is 19.4. The zero-order valence-corrected chi connectivity index (χ0v) is 8.60. The molecule has 0 saturated heterocycles. The number of hydrogen-bond acceptors (Lipinski definition) is 3. The Morgan fingerprint density at radius 3 is 2.33 bits per heavy atom. The highest BCUT2D eigenvalue weighted by Gasteiger charge is 2.29. The van der Waals surface area contributed by atoms with Crippen LogP contribution in [0.5, 0.6) is 0 Å². The van der Waals surface area contributed by atoms with Gasteiger partial charge >= 0.3 is 6.18 Å². The van der Waals surface area contributed by atoms with Crippen molar-refractivity contribution >= 4 is 5.91 Å². The number of carbonyl (C=O) groups excluding carboxylic acids is 1. The van der Waals surface area contributed by atoms with Crippen molar-refractivity contribution < 1.29 is 22.7 Å². The summed E-state index contributed by atoms with van der Waals surface area (Å²) in [4.78, 5) is 11.1. The Morgan fingerprint density at radius 1 is 1.47 bits per heavy atom. The van der Waals surface area contributed by atoms with Crippen molar-refractivity contribution in [3.8, 4) is 0 Å². The molecule has 0 aliphatic rings. The lowest BCUT2D eigenvalue weighted by molar-refractivity contribution is -0.157. The minimum atomic E-state index is -4.28. The van der Waals surface area contributed by atoms with Crippen LogP contribution in [0.1, 0.15) is 20.3 Å². The second-order valence-corrected chi connectivity index (χ2v) is 3.41. The Kier molecular flexibility index (Phi) is 5.59. The Balaban J connectivity index is 4.04. The van der Waals surface area contributed by atoms with E-state index in [1.807, 2.05) is 5.43 Å². The molecule has 0 aromatic carbocycles. The van der Waals surface area contributed by atoms with Gasteiger partial charge in [-0.1, -0.05) is 13.8 Å². The molecule has 0 bridgehead atoms. The summed E-state index contributed by atoms with van der Waals surface area (Å²) in [5, 5.41) is 0. The van der Waals surface area contributed by atoms with Crippen LogP contribution in [-0.2, 0) is 9.53 Å². The predicted molar refractivity (Wildman–Crippen MR) is 47.6 cm³/mol. The van der Waals surface area contributed by atoms with Crippen molar-refractivity contribution in [2.24, 2.45) is 11.8 Å². The molecule has 4 nitrogen and oxygen atoms in total. The van der Waals surface area contributed by atoms with E-state index >= 15 is 0 Å². The predicted octanol–water partition coefficient (Wildman–Crippen LogP) is 0.970. The molecule has 0 aliphatic heterocycles. The minimum Gasteiger partial charge on any atom is -0.368 e. The number of alkyl halides is 3. The average Bonchev–Trinajstić information content (AvgIpc) is 2.09. The molecule has 0 aromatic rings. The van der Waals surface area contributed by atoms with Crippen molar-refractivity contribution in [3.63, 3.8) is 0 Å². The summed E-state index contributed by atoms with van der Waals surface area (Å²) in [6.45, 7) is 2.78. The number of halogens is 3. The molecular formula is C8H15F3N2O2. The third-order valence-electron chi connectivity index (χ3n) is 1.69. The summed E-state index contributed by atoms with van der Waals surface area (Å²) in [7, 11) is 0. The van der Waals surface area contributed by atoms with Gasteiger partial charge in [0.2, 0.25) is 0 Å². The van der Waals surface area contributed by atoms with E-state index in [2.05, 4.69) is 0 Å². The van der Waals surface area contributed by atoms with E-state index < -0.39 is 31.2 Å². The van der Waals surface area contributed by atoms with Crippen molar-refractivity contribution in [2.45, 2.75) is 32.5 Å². The van der Waals surface area contributed by atoms with E-state index in [4.69, 9.17) is 10.6 Å². The van der Waals surface area contributed by atoms with E-state index in [1.54, 1.807) is 13.8 Å². The van der Waals surface area contributed by atoms with Crippen LogP contribution in [-0.4, -0.2) is 24.8 Å². The van der Waals surface area contributed by atoms with E-state index in [0.717, 1.165) is 0 Å². The number of hydrogen-bond donors (Lipinski definition) is 2. The summed E-state index contributed by atoms with van der Waals surface area (Å²) in [6, 6.07) is 0. The molecule has 3 N–H and O–H groups in total. The van der Waals surface area contributed by atoms with Crippen molar-refractivity contribution in [3.05, 3.63) is 0 Å². The molecule has 0 aliphatic carbocycles. The zero-order valence-electron chi connectivity index (χ0n) is 8.60. The summed E-state index contributed by atoms with van der Waals surface area (Å²) in [5.74, 6) is 4.01. The summed E-state index contributed by atoms with van der Waals surface area (Å²) >= 11 is 0. The summed E-state index contributed by atoms with van der Waals surface area (Å²) in [6.07, 6.45) is -6.30. The Labute approximate surface area is 85.9 Å². The van der Waals surface area contributed by atoms with E-state index in [0.29, 0.717) is 0 Å². The molecule has 7 heteroatoms. The number of ether oxygens (including phenoxy) is 1. The number of hydrazine groups is 1. The lowest BCUT2D eigenvalue weighted by Crippen LogP contribution is -2.43. The van der Waals surface area contributed by atoms with Crippen LogP contribution >= 0.6 is 0 Å². The van der Waals surface area contributed by atoms with E-state index in [9.17, 15) is 18.0 Å². The van der Waals surface area contributed by atoms with Crippen molar-refractivity contribution in [2.75, 3.05) is 6.61 Å². The third kappa shape index (κ3) is 6.29. The Morgan fingerprint density at radius 2 is 2.00 bits per heavy atom. The fourth-order valence-electron chi connectivity index (χ4n) is 0.955. The van der Waals surface area contributed by atoms with Gasteiger partial charge in [0.15, 0.2) is 0 Å². The smallest absolute Gasteiger partial charge is 0.368 e. The number of nitrogens with two attached hydrogens (primary N) is 1. The molecular weight excluding hydrogens is 213 g/mol. The monoisotopic (exact) mass is 228 g/mol. The molecule has 0 spiro atoms. The highest BCUT2D eigenvalue weighted by molar-refractivity contribution is 5.80. The van der Waals surface area contributed by atoms with Crippen LogP contribution in [0.4, 0.5) is 13.2 Å². The molecule has 0 aromatic heterocycles. The van der Waals surface area contributed by atoms with Crippen LogP contribution in [0.25, 0.3) is 0 Å². The summed E-state index contributed by atoms with van der Waals surface area (Å²) in [5.41, 5.74) is 1.85. The zero-order chi connectivity index (χ0) is 12.1. The maximum atomic E-state index is 11.8. The fraction of sp³-hybridized carbons (Fsp3) is 0.875. The van der Waals surface area contributed by atoms with Gasteiger partial charge in [-0.05, 0) is 5.92 Å². The van der Waals surface area contributed by atoms with Gasteiger partial charge in [0.1, 0.15) is 6.10 Å². The Bertz CT molecular complexity index is 207. The second kappa shape index (κ2) is 5.92. The molecule has 90 valence electrons.